The summed E-state index contributed by atoms with van der Waals surface area (Å²) in [6.07, 6.45) is 1.36. The number of nitrogens with zero attached hydrogens (tertiary/aromatic N) is 1. The van der Waals surface area contributed by atoms with Crippen LogP contribution in [0.5, 0.6) is 0 Å². The van der Waals surface area contributed by atoms with Gasteiger partial charge >= 0.3 is 0 Å². The van der Waals surface area contributed by atoms with Crippen molar-refractivity contribution >= 4 is 27.3 Å². The van der Waals surface area contributed by atoms with Crippen molar-refractivity contribution in [3.8, 4) is 0 Å². The minimum Gasteiger partial charge on any atom is -0.398 e. The lowest BCUT2D eigenvalue weighted by Gasteiger charge is -2.08. The zero-order valence-electron chi connectivity index (χ0n) is 9.13. The molecular formula is C10H10ClN3O3S. The summed E-state index contributed by atoms with van der Waals surface area (Å²) in [5.74, 6) is 0. The van der Waals surface area contributed by atoms with Crippen molar-refractivity contribution in [3.05, 3.63) is 41.2 Å². The molecule has 0 saturated heterocycles. The van der Waals surface area contributed by atoms with Crippen LogP contribution in [0.2, 0.25) is 5.02 Å². The molecule has 8 heteroatoms. The Labute approximate surface area is 109 Å². The number of hydrogen-bond acceptors (Lipinski definition) is 5. The van der Waals surface area contributed by atoms with Gasteiger partial charge in [-0.05, 0) is 18.2 Å². The van der Waals surface area contributed by atoms with Gasteiger partial charge in [-0.25, -0.2) is 13.1 Å². The molecular weight excluding hydrogens is 278 g/mol. The second-order valence-corrected chi connectivity index (χ2v) is 5.67. The SMILES string of the molecule is Nc1cc(Cl)ccc1S(=O)(=O)NCc1ccon1. The van der Waals surface area contributed by atoms with Crippen molar-refractivity contribution in [2.24, 2.45) is 0 Å². The van der Waals surface area contributed by atoms with Gasteiger partial charge in [-0.2, -0.15) is 0 Å². The number of benzene rings is 1. The van der Waals surface area contributed by atoms with E-state index in [1.807, 2.05) is 0 Å². The van der Waals surface area contributed by atoms with E-state index in [0.29, 0.717) is 10.7 Å². The van der Waals surface area contributed by atoms with Crippen LogP contribution in [0.25, 0.3) is 0 Å². The molecule has 0 saturated carbocycles. The summed E-state index contributed by atoms with van der Waals surface area (Å²) in [5.41, 5.74) is 6.19. The number of halogens is 1. The van der Waals surface area contributed by atoms with E-state index in [9.17, 15) is 8.42 Å². The van der Waals surface area contributed by atoms with Gasteiger partial charge in [0, 0.05) is 11.1 Å². The third kappa shape index (κ3) is 2.81. The summed E-state index contributed by atoms with van der Waals surface area (Å²) in [4.78, 5) is -0.0182. The van der Waals surface area contributed by atoms with Crippen molar-refractivity contribution in [2.45, 2.75) is 11.4 Å². The maximum atomic E-state index is 12.0. The van der Waals surface area contributed by atoms with Gasteiger partial charge in [0.2, 0.25) is 10.0 Å². The Morgan fingerprint density at radius 2 is 2.17 bits per heavy atom. The molecule has 3 N–H and O–H groups in total. The fourth-order valence-corrected chi connectivity index (χ4v) is 2.63. The molecule has 0 unspecified atom stereocenters. The molecule has 18 heavy (non-hydrogen) atoms. The standard InChI is InChI=1S/C10H10ClN3O3S/c11-7-1-2-10(9(12)5-7)18(15,16)13-6-8-3-4-17-14-8/h1-5,13H,6,12H2. The third-order valence-corrected chi connectivity index (χ3v) is 3.91. The van der Waals surface area contributed by atoms with Gasteiger partial charge in [-0.15, -0.1) is 0 Å². The molecule has 0 aliphatic rings. The molecule has 0 aliphatic heterocycles. The number of nitrogen functional groups attached to an aromatic ring is 1. The summed E-state index contributed by atoms with van der Waals surface area (Å²) in [6, 6.07) is 5.76. The largest absolute Gasteiger partial charge is 0.398 e. The number of nitrogens with two attached hydrogens (primary N) is 1. The molecule has 0 fully saturated rings. The van der Waals surface area contributed by atoms with E-state index in [0.717, 1.165) is 0 Å². The lowest BCUT2D eigenvalue weighted by molar-refractivity contribution is 0.411. The zero-order chi connectivity index (χ0) is 13.2. The second kappa shape index (κ2) is 4.97. The van der Waals surface area contributed by atoms with Gasteiger partial charge in [-0.1, -0.05) is 16.8 Å². The number of anilines is 1. The van der Waals surface area contributed by atoms with E-state index < -0.39 is 10.0 Å². The van der Waals surface area contributed by atoms with Gasteiger partial charge < -0.3 is 10.3 Å². The van der Waals surface area contributed by atoms with Gasteiger partial charge in [0.1, 0.15) is 11.2 Å². The predicted octanol–water partition coefficient (Wildman–Crippen LogP) is 1.39. The van der Waals surface area contributed by atoms with E-state index in [1.165, 1.54) is 24.5 Å². The molecule has 1 aromatic carbocycles. The number of aromatic nitrogens is 1. The Balaban J connectivity index is 2.20. The van der Waals surface area contributed by atoms with E-state index in [4.69, 9.17) is 17.3 Å². The van der Waals surface area contributed by atoms with Crippen LogP contribution in [0, 0.1) is 0 Å². The molecule has 0 spiro atoms. The lowest BCUT2D eigenvalue weighted by Crippen LogP contribution is -2.24. The molecule has 0 atom stereocenters. The van der Waals surface area contributed by atoms with Crippen molar-refractivity contribution in [2.75, 3.05) is 5.73 Å². The molecule has 6 nitrogen and oxygen atoms in total. The summed E-state index contributed by atoms with van der Waals surface area (Å²) in [6.45, 7) is 0.0287. The Bertz CT molecular complexity index is 640. The molecule has 2 aromatic rings. The molecule has 0 aliphatic carbocycles. The van der Waals surface area contributed by atoms with E-state index >= 15 is 0 Å². The minimum atomic E-state index is -3.70. The maximum absolute atomic E-state index is 12.0. The summed E-state index contributed by atoms with van der Waals surface area (Å²) in [5, 5.41) is 3.97. The Morgan fingerprint density at radius 3 is 2.78 bits per heavy atom. The minimum absolute atomic E-state index is 0.0182. The van der Waals surface area contributed by atoms with Crippen molar-refractivity contribution in [1.29, 1.82) is 0 Å². The van der Waals surface area contributed by atoms with E-state index in [1.54, 1.807) is 6.07 Å². The number of sulfonamides is 1. The summed E-state index contributed by atoms with van der Waals surface area (Å²) < 4.78 is 30.9. The van der Waals surface area contributed by atoms with E-state index in [2.05, 4.69) is 14.4 Å². The molecule has 1 heterocycles. The number of nitrogens with one attached hydrogen (secondary N) is 1. The number of rotatable bonds is 4. The monoisotopic (exact) mass is 287 g/mol. The van der Waals surface area contributed by atoms with Crippen molar-refractivity contribution < 1.29 is 12.9 Å². The average molecular weight is 288 g/mol. The van der Waals surface area contributed by atoms with Crippen LogP contribution in [-0.2, 0) is 16.6 Å². The quantitative estimate of drug-likeness (QED) is 0.828. The first-order valence-corrected chi connectivity index (χ1v) is 6.79. The first kappa shape index (κ1) is 12.9. The van der Waals surface area contributed by atoms with Crippen LogP contribution in [0.15, 0.2) is 39.9 Å². The Morgan fingerprint density at radius 1 is 1.39 bits per heavy atom. The average Bonchev–Trinajstić information content (AvgIpc) is 2.78. The van der Waals surface area contributed by atoms with Crippen molar-refractivity contribution in [3.63, 3.8) is 0 Å². The predicted molar refractivity (Wildman–Crippen MR) is 66.4 cm³/mol. The highest BCUT2D eigenvalue weighted by Crippen LogP contribution is 2.22. The van der Waals surface area contributed by atoms with Gasteiger partial charge in [0.25, 0.3) is 0 Å². The molecule has 1 aromatic heterocycles. The molecule has 96 valence electrons. The lowest BCUT2D eigenvalue weighted by atomic mass is 10.3. The van der Waals surface area contributed by atoms with Crippen molar-refractivity contribution in [1.82, 2.24) is 9.88 Å². The highest BCUT2D eigenvalue weighted by molar-refractivity contribution is 7.89. The van der Waals surface area contributed by atoms with Crippen LogP contribution in [0.4, 0.5) is 5.69 Å². The molecule has 0 amide bonds. The Kier molecular flexibility index (Phi) is 3.55. The van der Waals surface area contributed by atoms with Crippen LogP contribution >= 0.6 is 11.6 Å². The van der Waals surface area contributed by atoms with Crippen LogP contribution in [0.1, 0.15) is 5.69 Å². The topological polar surface area (TPSA) is 98.2 Å². The summed E-state index contributed by atoms with van der Waals surface area (Å²) in [7, 11) is -3.70. The maximum Gasteiger partial charge on any atom is 0.242 e. The fraction of sp³-hybridized carbons (Fsp3) is 0.100. The highest BCUT2D eigenvalue weighted by Gasteiger charge is 2.17. The molecule has 0 radical (unpaired) electrons. The van der Waals surface area contributed by atoms with Crippen LogP contribution in [-0.4, -0.2) is 13.6 Å². The van der Waals surface area contributed by atoms with Gasteiger partial charge in [0.05, 0.1) is 17.9 Å². The molecule has 0 bridgehead atoms. The Hall–Kier alpha value is -1.57. The highest BCUT2D eigenvalue weighted by atomic mass is 35.5. The zero-order valence-corrected chi connectivity index (χ0v) is 10.7. The third-order valence-electron chi connectivity index (χ3n) is 2.20. The number of hydrogen-bond donors (Lipinski definition) is 2. The smallest absolute Gasteiger partial charge is 0.242 e. The summed E-state index contributed by atoms with van der Waals surface area (Å²) >= 11 is 5.71. The second-order valence-electron chi connectivity index (χ2n) is 3.50. The molecule has 2 rings (SSSR count). The van der Waals surface area contributed by atoms with E-state index in [-0.39, 0.29) is 17.1 Å². The normalized spacial score (nSPS) is 11.6. The van der Waals surface area contributed by atoms with Crippen LogP contribution in [0.3, 0.4) is 0 Å². The van der Waals surface area contributed by atoms with Crippen LogP contribution < -0.4 is 10.5 Å². The fourth-order valence-electron chi connectivity index (χ4n) is 1.34. The van der Waals surface area contributed by atoms with Gasteiger partial charge in [-0.3, -0.25) is 0 Å². The van der Waals surface area contributed by atoms with Gasteiger partial charge in [0.15, 0.2) is 0 Å². The first-order valence-electron chi connectivity index (χ1n) is 4.93. The first-order chi connectivity index (χ1) is 8.49.